The van der Waals surface area contributed by atoms with E-state index in [0.29, 0.717) is 6.54 Å². The Hall–Kier alpha value is -2.32. The number of hydrogen-bond acceptors (Lipinski definition) is 4. The summed E-state index contributed by atoms with van der Waals surface area (Å²) in [7, 11) is 0. The van der Waals surface area contributed by atoms with Gasteiger partial charge < -0.3 is 26.2 Å². The van der Waals surface area contributed by atoms with E-state index in [9.17, 15) is 19.2 Å². The zero-order valence-electron chi connectivity index (χ0n) is 11.8. The van der Waals surface area contributed by atoms with Gasteiger partial charge in [0.05, 0.1) is 0 Å². The molecule has 3 amide bonds. The molecule has 0 radical (unpaired) electrons. The van der Waals surface area contributed by atoms with Crippen molar-refractivity contribution in [3.8, 4) is 0 Å². The molecule has 0 aromatic rings. The summed E-state index contributed by atoms with van der Waals surface area (Å²) in [5.74, 6) is -2.47. The van der Waals surface area contributed by atoms with Gasteiger partial charge in [0, 0.05) is 25.9 Å². The highest BCUT2D eigenvalue weighted by molar-refractivity contribution is 5.83. The molecule has 0 aliphatic heterocycles. The van der Waals surface area contributed by atoms with Crippen molar-refractivity contribution < 1.29 is 29.4 Å². The van der Waals surface area contributed by atoms with Crippen LogP contribution in [0.1, 0.15) is 32.6 Å². The van der Waals surface area contributed by atoms with Gasteiger partial charge in [0.2, 0.25) is 5.91 Å². The van der Waals surface area contributed by atoms with Crippen molar-refractivity contribution in [1.82, 2.24) is 16.0 Å². The van der Waals surface area contributed by atoms with Gasteiger partial charge in [0.25, 0.3) is 0 Å². The average Bonchev–Trinajstić information content (AvgIpc) is 2.37. The van der Waals surface area contributed by atoms with Crippen LogP contribution >= 0.6 is 0 Å². The second kappa shape index (κ2) is 10.5. The maximum absolute atomic E-state index is 11.5. The Balaban J connectivity index is 4.03. The number of carbonyl (C=O) groups excluding carboxylic acids is 2. The van der Waals surface area contributed by atoms with Gasteiger partial charge in [-0.3, -0.25) is 9.59 Å². The Bertz CT molecular complexity index is 385. The summed E-state index contributed by atoms with van der Waals surface area (Å²) in [6, 6.07) is -1.86. The lowest BCUT2D eigenvalue weighted by Gasteiger charge is -2.14. The fourth-order valence-electron chi connectivity index (χ4n) is 1.50. The first-order chi connectivity index (χ1) is 9.86. The van der Waals surface area contributed by atoms with Gasteiger partial charge in [0.15, 0.2) is 0 Å². The van der Waals surface area contributed by atoms with Crippen LogP contribution < -0.4 is 16.0 Å². The molecule has 0 bridgehead atoms. The predicted molar refractivity (Wildman–Crippen MR) is 72.7 cm³/mol. The molecule has 1 atom stereocenters. The number of carboxylic acid groups (broad SMARTS) is 2. The van der Waals surface area contributed by atoms with E-state index in [1.807, 2.05) is 0 Å². The molecule has 0 fully saturated rings. The Kier molecular flexibility index (Phi) is 9.31. The van der Waals surface area contributed by atoms with Crippen LogP contribution in [0.4, 0.5) is 4.79 Å². The average molecular weight is 303 g/mol. The van der Waals surface area contributed by atoms with Gasteiger partial charge >= 0.3 is 18.0 Å². The lowest BCUT2D eigenvalue weighted by Crippen LogP contribution is -2.46. The van der Waals surface area contributed by atoms with Crippen molar-refractivity contribution in [2.24, 2.45) is 0 Å². The van der Waals surface area contributed by atoms with E-state index >= 15 is 0 Å². The maximum atomic E-state index is 11.5. The molecule has 9 heteroatoms. The first-order valence-corrected chi connectivity index (χ1v) is 6.62. The Morgan fingerprint density at radius 1 is 1.05 bits per heavy atom. The second-order valence-corrected chi connectivity index (χ2v) is 4.28. The Morgan fingerprint density at radius 2 is 1.71 bits per heavy atom. The summed E-state index contributed by atoms with van der Waals surface area (Å²) in [6.07, 6.45) is 0.0964. The van der Waals surface area contributed by atoms with E-state index in [0.717, 1.165) is 0 Å². The molecular weight excluding hydrogens is 282 g/mol. The molecule has 0 aliphatic carbocycles. The number of carboxylic acids is 2. The molecule has 0 saturated heterocycles. The topological polar surface area (TPSA) is 145 Å². The van der Waals surface area contributed by atoms with Crippen LogP contribution in [0.2, 0.25) is 0 Å². The molecule has 21 heavy (non-hydrogen) atoms. The first kappa shape index (κ1) is 18.7. The molecule has 0 aromatic heterocycles. The van der Waals surface area contributed by atoms with E-state index in [2.05, 4.69) is 16.0 Å². The van der Waals surface area contributed by atoms with Gasteiger partial charge in [-0.05, 0) is 19.8 Å². The molecule has 0 rings (SSSR count). The zero-order valence-corrected chi connectivity index (χ0v) is 11.8. The number of urea groups is 1. The van der Waals surface area contributed by atoms with E-state index in [1.54, 1.807) is 6.92 Å². The molecule has 0 aliphatic rings. The summed E-state index contributed by atoms with van der Waals surface area (Å²) in [4.78, 5) is 43.9. The number of rotatable bonds is 10. The van der Waals surface area contributed by atoms with Gasteiger partial charge in [0.1, 0.15) is 6.04 Å². The molecule has 0 saturated carbocycles. The third-order valence-electron chi connectivity index (χ3n) is 2.50. The van der Waals surface area contributed by atoms with Crippen molar-refractivity contribution in [1.29, 1.82) is 0 Å². The highest BCUT2D eigenvalue weighted by atomic mass is 16.4. The quantitative estimate of drug-likeness (QED) is 0.368. The van der Waals surface area contributed by atoms with Crippen LogP contribution in [0, 0.1) is 0 Å². The molecule has 120 valence electrons. The molecule has 0 unspecified atom stereocenters. The summed E-state index contributed by atoms with van der Waals surface area (Å²) < 4.78 is 0. The van der Waals surface area contributed by atoms with Crippen LogP contribution in [0.3, 0.4) is 0 Å². The largest absolute Gasteiger partial charge is 0.481 e. The normalized spacial score (nSPS) is 11.3. The third kappa shape index (κ3) is 10.2. The smallest absolute Gasteiger partial charge is 0.326 e. The zero-order chi connectivity index (χ0) is 16.3. The number of hydrogen-bond donors (Lipinski definition) is 5. The van der Waals surface area contributed by atoms with Crippen molar-refractivity contribution in [2.75, 3.05) is 13.1 Å². The summed E-state index contributed by atoms with van der Waals surface area (Å²) >= 11 is 0. The number of aliphatic carboxylic acids is 2. The predicted octanol–water partition coefficient (Wildman–Crippen LogP) is -0.480. The van der Waals surface area contributed by atoms with Gasteiger partial charge in [-0.1, -0.05) is 0 Å². The first-order valence-electron chi connectivity index (χ1n) is 6.62. The fraction of sp³-hybridized carbons (Fsp3) is 0.667. The van der Waals surface area contributed by atoms with Gasteiger partial charge in [-0.2, -0.15) is 0 Å². The van der Waals surface area contributed by atoms with E-state index in [4.69, 9.17) is 10.2 Å². The second-order valence-electron chi connectivity index (χ2n) is 4.28. The van der Waals surface area contributed by atoms with Crippen LogP contribution in [-0.2, 0) is 14.4 Å². The minimum absolute atomic E-state index is 0.0192. The summed E-state index contributed by atoms with van der Waals surface area (Å²) in [6.45, 7) is 2.35. The van der Waals surface area contributed by atoms with Crippen LogP contribution in [0.15, 0.2) is 0 Å². The van der Waals surface area contributed by atoms with E-state index < -0.39 is 24.0 Å². The van der Waals surface area contributed by atoms with Crippen LogP contribution in [-0.4, -0.2) is 53.2 Å². The Morgan fingerprint density at radius 3 is 2.24 bits per heavy atom. The fourth-order valence-corrected chi connectivity index (χ4v) is 1.50. The summed E-state index contributed by atoms with van der Waals surface area (Å²) in [5, 5.41) is 24.5. The minimum atomic E-state index is -1.24. The number of carbonyl (C=O) groups is 4. The summed E-state index contributed by atoms with van der Waals surface area (Å²) in [5.41, 5.74) is 0. The molecule has 5 N–H and O–H groups in total. The Labute approximate surface area is 122 Å². The van der Waals surface area contributed by atoms with Gasteiger partial charge in [-0.25, -0.2) is 9.59 Å². The number of nitrogens with one attached hydrogen (secondary N) is 3. The monoisotopic (exact) mass is 303 g/mol. The van der Waals surface area contributed by atoms with Crippen molar-refractivity contribution in [3.63, 3.8) is 0 Å². The highest BCUT2D eigenvalue weighted by Gasteiger charge is 2.19. The lowest BCUT2D eigenvalue weighted by molar-refractivity contribution is -0.140. The molecular formula is C12H21N3O6. The SMILES string of the molecule is CCNC(=O)CCNC(=O)N[C@H](CCCC(=O)O)C(=O)O. The van der Waals surface area contributed by atoms with Crippen LogP contribution in [0.25, 0.3) is 0 Å². The van der Waals surface area contributed by atoms with Gasteiger partial charge in [-0.15, -0.1) is 0 Å². The number of amides is 3. The minimum Gasteiger partial charge on any atom is -0.481 e. The third-order valence-corrected chi connectivity index (χ3v) is 2.50. The highest BCUT2D eigenvalue weighted by Crippen LogP contribution is 2.01. The van der Waals surface area contributed by atoms with Crippen LogP contribution in [0.5, 0.6) is 0 Å². The van der Waals surface area contributed by atoms with E-state index in [-0.39, 0.29) is 38.1 Å². The van der Waals surface area contributed by atoms with Crippen molar-refractivity contribution in [2.45, 2.75) is 38.6 Å². The standard InChI is InChI=1S/C12H21N3O6/c1-2-13-9(16)6-7-14-12(21)15-8(11(19)20)4-3-5-10(17)18/h8H,2-7H2,1H3,(H,13,16)(H,17,18)(H,19,20)(H2,14,15,21)/t8-/m1/s1. The maximum Gasteiger partial charge on any atom is 0.326 e. The molecule has 0 spiro atoms. The molecule has 9 nitrogen and oxygen atoms in total. The molecule has 0 aromatic carbocycles. The van der Waals surface area contributed by atoms with E-state index in [1.165, 1.54) is 0 Å². The van der Waals surface area contributed by atoms with Crippen molar-refractivity contribution in [3.05, 3.63) is 0 Å². The lowest BCUT2D eigenvalue weighted by atomic mass is 10.1. The van der Waals surface area contributed by atoms with Crippen molar-refractivity contribution >= 4 is 23.9 Å². The molecule has 0 heterocycles.